The highest BCUT2D eigenvalue weighted by atomic mass is 35.5. The fourth-order valence-corrected chi connectivity index (χ4v) is 5.63. The number of thiophene rings is 1. The summed E-state index contributed by atoms with van der Waals surface area (Å²) >= 11 is 1.68. The first kappa shape index (κ1) is 23.4. The van der Waals surface area contributed by atoms with Crippen LogP contribution in [-0.4, -0.2) is 44.6 Å². The molecule has 2 aliphatic heterocycles. The molecule has 0 spiro atoms. The highest BCUT2D eigenvalue weighted by Gasteiger charge is 2.32. The van der Waals surface area contributed by atoms with Gasteiger partial charge >= 0.3 is 5.97 Å². The van der Waals surface area contributed by atoms with Crippen LogP contribution in [0.5, 0.6) is 0 Å². The predicted molar refractivity (Wildman–Crippen MR) is 133 cm³/mol. The van der Waals surface area contributed by atoms with Crippen molar-refractivity contribution in [2.45, 2.75) is 39.7 Å². The maximum atomic E-state index is 11.7. The number of halogens is 1. The first-order valence-corrected chi connectivity index (χ1v) is 11.6. The number of rotatable bonds is 4. The molecule has 0 radical (unpaired) electrons. The van der Waals surface area contributed by atoms with Crippen LogP contribution in [0.2, 0.25) is 0 Å². The topological polar surface area (TPSA) is 92.4 Å². The van der Waals surface area contributed by atoms with Gasteiger partial charge in [0, 0.05) is 22.5 Å². The monoisotopic (exact) mass is 483 g/mol. The number of fused-ring (bicyclic) bond motifs is 3. The Balaban J connectivity index is 0.00000259. The normalized spacial score (nSPS) is 17.2. The van der Waals surface area contributed by atoms with Gasteiger partial charge in [0.1, 0.15) is 16.9 Å². The molecule has 0 unspecified atom stereocenters. The second-order valence-electron chi connectivity index (χ2n) is 8.26. The van der Waals surface area contributed by atoms with Crippen LogP contribution < -0.4 is 5.32 Å². The maximum Gasteiger partial charge on any atom is 0.306 e. The van der Waals surface area contributed by atoms with Crippen molar-refractivity contribution in [1.29, 1.82) is 0 Å². The summed E-state index contributed by atoms with van der Waals surface area (Å²) in [5.74, 6) is 0.415. The van der Waals surface area contributed by atoms with Gasteiger partial charge in [-0.3, -0.25) is 14.4 Å². The van der Waals surface area contributed by atoms with Gasteiger partial charge in [0.05, 0.1) is 12.1 Å². The number of hydrogen-bond donors (Lipinski definition) is 2. The minimum atomic E-state index is -0.906. The number of carboxylic acid groups (broad SMARTS) is 1. The molecule has 0 amide bonds. The number of aliphatic carboxylic acids is 1. The van der Waals surface area contributed by atoms with Crippen molar-refractivity contribution in [2.24, 2.45) is 4.99 Å². The zero-order valence-corrected chi connectivity index (χ0v) is 20.4. The van der Waals surface area contributed by atoms with Gasteiger partial charge in [-0.05, 0) is 50.4 Å². The summed E-state index contributed by atoms with van der Waals surface area (Å²) in [5.41, 5.74) is 6.58. The number of nitrogens with zero attached hydrogens (tertiary/aromatic N) is 4. The van der Waals surface area contributed by atoms with E-state index < -0.39 is 12.0 Å². The van der Waals surface area contributed by atoms with Crippen molar-refractivity contribution in [3.63, 3.8) is 0 Å². The van der Waals surface area contributed by atoms with Crippen LogP contribution in [0.3, 0.4) is 0 Å². The molecular weight excluding hydrogens is 458 g/mol. The maximum absolute atomic E-state index is 11.7. The predicted octanol–water partition coefficient (Wildman–Crippen LogP) is 4.42. The molecule has 0 aliphatic carbocycles. The molecule has 9 heteroatoms. The van der Waals surface area contributed by atoms with Gasteiger partial charge in [-0.25, -0.2) is 0 Å². The van der Waals surface area contributed by atoms with Crippen molar-refractivity contribution < 1.29 is 9.90 Å². The molecule has 172 valence electrons. The first-order valence-electron chi connectivity index (χ1n) is 10.8. The van der Waals surface area contributed by atoms with Crippen LogP contribution in [0.15, 0.2) is 35.3 Å². The van der Waals surface area contributed by atoms with Crippen LogP contribution in [0.1, 0.15) is 57.7 Å². The van der Waals surface area contributed by atoms with E-state index in [0.29, 0.717) is 5.82 Å². The quantitative estimate of drug-likeness (QED) is 0.573. The number of aliphatic imine (C=N–C) groups is 1. The van der Waals surface area contributed by atoms with Crippen molar-refractivity contribution >= 4 is 41.0 Å². The highest BCUT2D eigenvalue weighted by molar-refractivity contribution is 7.15. The smallest absolute Gasteiger partial charge is 0.306 e. The van der Waals surface area contributed by atoms with E-state index in [2.05, 4.69) is 59.7 Å². The highest BCUT2D eigenvalue weighted by Crippen LogP contribution is 2.39. The fraction of sp³-hybridized carbons (Fsp3) is 0.333. The van der Waals surface area contributed by atoms with Crippen LogP contribution in [0.25, 0.3) is 10.6 Å². The Morgan fingerprint density at radius 3 is 2.58 bits per heavy atom. The Kier molecular flexibility index (Phi) is 6.52. The number of aromatic nitrogens is 3. The standard InChI is InChI=1S/C24H25N5O2S.ClH/c1-13-14(2)32-24-21(13)22(18-6-4-16(5-7-18)17-8-10-25-11-9-17)26-19(12-20(30)31)23-28-27-15(3)29(23)24;/h4-8,19,25H,9-12H2,1-3H3,(H,30,31);1H/t19-;/m0./s1. The van der Waals surface area contributed by atoms with Crippen LogP contribution in [0, 0.1) is 20.8 Å². The van der Waals surface area contributed by atoms with E-state index in [1.54, 1.807) is 11.3 Å². The molecule has 1 atom stereocenters. The van der Waals surface area contributed by atoms with E-state index in [9.17, 15) is 9.90 Å². The van der Waals surface area contributed by atoms with Gasteiger partial charge in [0.25, 0.3) is 0 Å². The third-order valence-corrected chi connectivity index (χ3v) is 7.39. The first-order chi connectivity index (χ1) is 15.4. The minimum absolute atomic E-state index is 0. The van der Waals surface area contributed by atoms with Crippen molar-refractivity contribution in [2.75, 3.05) is 13.1 Å². The van der Waals surface area contributed by atoms with Gasteiger partial charge in [-0.2, -0.15) is 0 Å². The zero-order chi connectivity index (χ0) is 22.4. The lowest BCUT2D eigenvalue weighted by Crippen LogP contribution is -2.20. The summed E-state index contributed by atoms with van der Waals surface area (Å²) in [7, 11) is 0. The molecule has 2 N–H and O–H groups in total. The summed E-state index contributed by atoms with van der Waals surface area (Å²) in [4.78, 5) is 17.9. The van der Waals surface area contributed by atoms with Gasteiger partial charge in [0.2, 0.25) is 0 Å². The van der Waals surface area contributed by atoms with Crippen LogP contribution in [-0.2, 0) is 4.79 Å². The molecule has 4 heterocycles. The van der Waals surface area contributed by atoms with E-state index in [1.807, 2.05) is 11.5 Å². The molecule has 33 heavy (non-hydrogen) atoms. The number of aryl methyl sites for hydroxylation is 2. The Bertz CT molecular complexity index is 1270. The Hall–Kier alpha value is -2.81. The van der Waals surface area contributed by atoms with Crippen LogP contribution >= 0.6 is 23.7 Å². The van der Waals surface area contributed by atoms with E-state index in [4.69, 9.17) is 4.99 Å². The summed E-state index contributed by atoms with van der Waals surface area (Å²) in [6.45, 7) is 8.00. The van der Waals surface area contributed by atoms with Gasteiger partial charge in [-0.15, -0.1) is 33.9 Å². The second-order valence-corrected chi connectivity index (χ2v) is 9.46. The lowest BCUT2D eigenvalue weighted by molar-refractivity contribution is -0.137. The largest absolute Gasteiger partial charge is 0.481 e. The Morgan fingerprint density at radius 1 is 1.18 bits per heavy atom. The number of hydrogen-bond acceptors (Lipinski definition) is 6. The van der Waals surface area contributed by atoms with Gasteiger partial charge in [-0.1, -0.05) is 30.3 Å². The summed E-state index contributed by atoms with van der Waals surface area (Å²) in [6, 6.07) is 7.89. The van der Waals surface area contributed by atoms with E-state index in [1.165, 1.54) is 16.0 Å². The van der Waals surface area contributed by atoms with E-state index in [0.717, 1.165) is 52.7 Å². The fourth-order valence-electron chi connectivity index (χ4n) is 4.42. The summed E-state index contributed by atoms with van der Waals surface area (Å²) in [6.07, 6.45) is 3.12. The molecule has 1 aromatic carbocycles. The number of carboxylic acids is 1. The molecule has 2 aromatic heterocycles. The van der Waals surface area contributed by atoms with Crippen molar-refractivity contribution in [1.82, 2.24) is 20.1 Å². The van der Waals surface area contributed by atoms with Crippen molar-refractivity contribution in [3.05, 3.63) is 69.1 Å². The average Bonchev–Trinajstić information content (AvgIpc) is 3.26. The minimum Gasteiger partial charge on any atom is -0.481 e. The molecule has 2 aliphatic rings. The number of nitrogens with one attached hydrogen (secondary N) is 1. The number of benzene rings is 1. The van der Waals surface area contributed by atoms with Gasteiger partial charge in [0.15, 0.2) is 5.82 Å². The third kappa shape index (κ3) is 4.14. The lowest BCUT2D eigenvalue weighted by Gasteiger charge is -2.15. The lowest BCUT2D eigenvalue weighted by atomic mass is 9.95. The van der Waals surface area contributed by atoms with Gasteiger partial charge < -0.3 is 10.4 Å². The SMILES string of the molecule is Cc1sc2c(c1C)C(c1ccc(C3=CCNCC3)cc1)=N[C@@H](CC(=O)O)c1nnc(C)n1-2.Cl. The molecule has 7 nitrogen and oxygen atoms in total. The van der Waals surface area contributed by atoms with Crippen molar-refractivity contribution in [3.8, 4) is 5.00 Å². The third-order valence-electron chi connectivity index (χ3n) is 6.20. The average molecular weight is 484 g/mol. The molecule has 3 aromatic rings. The molecule has 0 saturated heterocycles. The van der Waals surface area contributed by atoms with E-state index in [-0.39, 0.29) is 18.8 Å². The molecule has 0 saturated carbocycles. The molecule has 0 fully saturated rings. The second kappa shape index (κ2) is 9.21. The summed E-state index contributed by atoms with van der Waals surface area (Å²) < 4.78 is 1.98. The zero-order valence-electron chi connectivity index (χ0n) is 18.8. The number of carbonyl (C=O) groups is 1. The Morgan fingerprint density at radius 2 is 1.91 bits per heavy atom. The molecule has 5 rings (SSSR count). The summed E-state index contributed by atoms with van der Waals surface area (Å²) in [5, 5.41) is 22.5. The molecule has 0 bridgehead atoms. The Labute approximate surface area is 202 Å². The van der Waals surface area contributed by atoms with Crippen LogP contribution in [0.4, 0.5) is 0 Å². The van der Waals surface area contributed by atoms with E-state index >= 15 is 0 Å². The molecular formula is C24H26ClN5O2S.